The van der Waals surface area contributed by atoms with Crippen molar-refractivity contribution in [3.63, 3.8) is 0 Å². The van der Waals surface area contributed by atoms with Crippen LogP contribution < -0.4 is 15.4 Å². The second-order valence-corrected chi connectivity index (χ2v) is 14.1. The summed E-state index contributed by atoms with van der Waals surface area (Å²) in [6, 6.07) is 15.3. The maximum Gasteiger partial charge on any atom is 0.266 e. The predicted octanol–water partition coefficient (Wildman–Crippen LogP) is 6.11. The SMILES string of the molecule is CC(=O)N1CCN(C(=O)C(C)(C)Oc2ccc(Br)cc2C2NC(=O)CC[C@]23C(=O)Nc2cc(Cl)cc(-c4ccccc4Cl)c23)CC1. The fourth-order valence-electron chi connectivity index (χ4n) is 6.86. The number of nitrogens with one attached hydrogen (secondary N) is 2. The third kappa shape index (κ3) is 5.65. The number of halogens is 3. The Labute approximate surface area is 285 Å². The molecule has 2 saturated heterocycles. The summed E-state index contributed by atoms with van der Waals surface area (Å²) in [5.41, 5.74) is 0.600. The number of amides is 4. The number of carbonyl (C=O) groups excluding carboxylic acids is 4. The number of piperazine rings is 1. The molecule has 2 atom stereocenters. The van der Waals surface area contributed by atoms with Gasteiger partial charge in [-0.15, -0.1) is 0 Å². The van der Waals surface area contributed by atoms with Crippen LogP contribution in [0.25, 0.3) is 11.1 Å². The van der Waals surface area contributed by atoms with Crippen LogP contribution in [0.2, 0.25) is 10.0 Å². The van der Waals surface area contributed by atoms with Crippen molar-refractivity contribution in [1.82, 2.24) is 15.1 Å². The Kier molecular flexibility index (Phi) is 8.58. The van der Waals surface area contributed by atoms with Crippen LogP contribution in [-0.4, -0.2) is 65.2 Å². The molecule has 9 nitrogen and oxygen atoms in total. The lowest BCUT2D eigenvalue weighted by molar-refractivity contribution is -0.149. The highest BCUT2D eigenvalue weighted by Gasteiger charge is 2.57. The molecule has 6 rings (SSSR count). The van der Waals surface area contributed by atoms with Crippen molar-refractivity contribution in [2.24, 2.45) is 0 Å². The molecule has 2 fully saturated rings. The standard InChI is InChI=1S/C34H33BrCl2N4O5/c1-19(42)40-12-14-41(15-13-40)32(45)33(2,3)46-27-9-8-20(35)16-24(27)30-34(11-10-28(43)39-30)29-23(22-6-4-5-7-25(22)37)17-21(36)18-26(29)38-31(34)44/h4-9,16-18,30H,10-15H2,1-3H3,(H,38,44)(H,39,43)/t30?,34-/m1/s1. The second kappa shape index (κ2) is 12.2. The zero-order valence-electron chi connectivity index (χ0n) is 25.6. The first-order valence-electron chi connectivity index (χ1n) is 15.0. The quantitative estimate of drug-likeness (QED) is 0.330. The Balaban J connectivity index is 1.44. The molecule has 2 N–H and O–H groups in total. The first kappa shape index (κ1) is 32.3. The first-order valence-corrected chi connectivity index (χ1v) is 16.6. The maximum atomic E-state index is 14.3. The minimum atomic E-state index is -1.31. The molecule has 1 unspecified atom stereocenters. The van der Waals surface area contributed by atoms with Crippen LogP contribution in [-0.2, 0) is 24.6 Å². The van der Waals surface area contributed by atoms with E-state index in [1.165, 1.54) is 6.92 Å². The number of hydrogen-bond donors (Lipinski definition) is 2. The minimum absolute atomic E-state index is 0.0249. The van der Waals surface area contributed by atoms with Crippen LogP contribution >= 0.6 is 39.1 Å². The van der Waals surface area contributed by atoms with E-state index in [-0.39, 0.29) is 36.5 Å². The molecule has 46 heavy (non-hydrogen) atoms. The van der Waals surface area contributed by atoms with E-state index in [0.29, 0.717) is 74.4 Å². The lowest BCUT2D eigenvalue weighted by Gasteiger charge is -2.42. The normalized spacial score (nSPS) is 21.1. The van der Waals surface area contributed by atoms with Gasteiger partial charge in [-0.2, -0.15) is 0 Å². The Morgan fingerprint density at radius 2 is 1.67 bits per heavy atom. The summed E-state index contributed by atoms with van der Waals surface area (Å²) in [5, 5.41) is 7.07. The smallest absolute Gasteiger partial charge is 0.266 e. The summed E-state index contributed by atoms with van der Waals surface area (Å²) in [4.78, 5) is 56.4. The topological polar surface area (TPSA) is 108 Å². The molecule has 0 radical (unpaired) electrons. The third-order valence-corrected chi connectivity index (χ3v) is 10.1. The van der Waals surface area contributed by atoms with Crippen molar-refractivity contribution in [3.8, 4) is 16.9 Å². The molecule has 0 aliphatic carbocycles. The van der Waals surface area contributed by atoms with Crippen molar-refractivity contribution in [1.29, 1.82) is 0 Å². The van der Waals surface area contributed by atoms with E-state index < -0.39 is 17.1 Å². The van der Waals surface area contributed by atoms with Crippen molar-refractivity contribution in [3.05, 3.63) is 80.2 Å². The van der Waals surface area contributed by atoms with E-state index in [1.807, 2.05) is 24.3 Å². The molecule has 3 aromatic rings. The molecule has 0 saturated carbocycles. The number of hydrogen-bond acceptors (Lipinski definition) is 5. The van der Waals surface area contributed by atoms with Crippen LogP contribution in [0.15, 0.2) is 59.1 Å². The third-order valence-electron chi connectivity index (χ3n) is 9.09. The molecule has 3 aliphatic rings. The number of fused-ring (bicyclic) bond motifs is 2. The number of ether oxygens (including phenoxy) is 1. The van der Waals surface area contributed by atoms with Crippen LogP contribution in [0, 0.1) is 0 Å². The first-order chi connectivity index (χ1) is 21.8. The highest BCUT2D eigenvalue weighted by Crippen LogP contribution is 2.56. The summed E-state index contributed by atoms with van der Waals surface area (Å²) in [6.45, 7) is 6.60. The van der Waals surface area contributed by atoms with Gasteiger partial charge in [-0.3, -0.25) is 19.2 Å². The number of piperidine rings is 1. The monoisotopic (exact) mass is 726 g/mol. The molecule has 3 aromatic carbocycles. The number of anilines is 1. The number of rotatable bonds is 5. The van der Waals surface area contributed by atoms with E-state index in [2.05, 4.69) is 26.6 Å². The van der Waals surface area contributed by atoms with Gasteiger partial charge in [0.2, 0.25) is 17.7 Å². The van der Waals surface area contributed by atoms with Gasteiger partial charge in [0.25, 0.3) is 5.91 Å². The van der Waals surface area contributed by atoms with Crippen LogP contribution in [0.5, 0.6) is 5.75 Å². The van der Waals surface area contributed by atoms with Crippen molar-refractivity contribution in [2.75, 3.05) is 31.5 Å². The Morgan fingerprint density at radius 3 is 2.37 bits per heavy atom. The summed E-state index contributed by atoms with van der Waals surface area (Å²) >= 11 is 16.8. The predicted molar refractivity (Wildman–Crippen MR) is 180 cm³/mol. The molecule has 3 aliphatic heterocycles. The lowest BCUT2D eigenvalue weighted by Crippen LogP contribution is -2.56. The van der Waals surface area contributed by atoms with Gasteiger partial charge in [0.15, 0.2) is 5.60 Å². The Morgan fingerprint density at radius 1 is 0.978 bits per heavy atom. The van der Waals surface area contributed by atoms with Crippen LogP contribution in [0.4, 0.5) is 5.69 Å². The highest BCUT2D eigenvalue weighted by atomic mass is 79.9. The Hall–Kier alpha value is -3.60. The van der Waals surface area contributed by atoms with Crippen molar-refractivity contribution >= 4 is 68.4 Å². The van der Waals surface area contributed by atoms with Gasteiger partial charge in [0.1, 0.15) is 11.2 Å². The summed E-state index contributed by atoms with van der Waals surface area (Å²) in [6.07, 6.45) is 0.338. The zero-order valence-corrected chi connectivity index (χ0v) is 28.7. The zero-order chi connectivity index (χ0) is 33.0. The van der Waals surface area contributed by atoms with Gasteiger partial charge in [-0.05, 0) is 62.2 Å². The van der Waals surface area contributed by atoms with Gasteiger partial charge in [-0.1, -0.05) is 57.3 Å². The molecule has 12 heteroatoms. The largest absolute Gasteiger partial charge is 0.478 e. The van der Waals surface area contributed by atoms with E-state index in [9.17, 15) is 19.2 Å². The lowest BCUT2D eigenvalue weighted by atomic mass is 9.65. The molecule has 0 aromatic heterocycles. The summed E-state index contributed by atoms with van der Waals surface area (Å²) in [5.74, 6) is -0.401. The Bertz CT molecular complexity index is 1770. The van der Waals surface area contributed by atoms with Gasteiger partial charge in [0, 0.05) is 76.4 Å². The van der Waals surface area contributed by atoms with Gasteiger partial charge in [0.05, 0.1) is 6.04 Å². The van der Waals surface area contributed by atoms with Crippen LogP contribution in [0.1, 0.15) is 50.8 Å². The summed E-state index contributed by atoms with van der Waals surface area (Å²) in [7, 11) is 0. The van der Waals surface area contributed by atoms with E-state index in [0.717, 1.165) is 0 Å². The fourth-order valence-corrected chi connectivity index (χ4v) is 7.69. The van der Waals surface area contributed by atoms with Crippen molar-refractivity contribution < 1.29 is 23.9 Å². The molecule has 1 spiro atoms. The van der Waals surface area contributed by atoms with Gasteiger partial charge >= 0.3 is 0 Å². The fraction of sp³-hybridized carbons (Fsp3) is 0.353. The van der Waals surface area contributed by atoms with Crippen molar-refractivity contribution in [2.45, 2.75) is 50.7 Å². The molecule has 0 bridgehead atoms. The molecule has 4 amide bonds. The molecule has 240 valence electrons. The number of carbonyl (C=O) groups is 4. The summed E-state index contributed by atoms with van der Waals surface area (Å²) < 4.78 is 7.23. The van der Waals surface area contributed by atoms with E-state index >= 15 is 0 Å². The van der Waals surface area contributed by atoms with Gasteiger partial charge < -0.3 is 25.2 Å². The van der Waals surface area contributed by atoms with E-state index in [4.69, 9.17) is 27.9 Å². The average Bonchev–Trinajstić information content (AvgIpc) is 3.29. The highest BCUT2D eigenvalue weighted by molar-refractivity contribution is 9.10. The van der Waals surface area contributed by atoms with E-state index in [1.54, 1.807) is 54.0 Å². The minimum Gasteiger partial charge on any atom is -0.478 e. The van der Waals surface area contributed by atoms with Crippen LogP contribution in [0.3, 0.4) is 0 Å². The second-order valence-electron chi connectivity index (χ2n) is 12.4. The average molecular weight is 728 g/mol. The number of nitrogens with zero attached hydrogens (tertiary/aromatic N) is 2. The van der Waals surface area contributed by atoms with Gasteiger partial charge in [-0.25, -0.2) is 0 Å². The maximum absolute atomic E-state index is 14.3. The molecular weight excluding hydrogens is 695 g/mol. The molecule has 3 heterocycles. The number of benzene rings is 3. The molecular formula is C34H33BrCl2N4O5.